The van der Waals surface area contributed by atoms with Gasteiger partial charge in [0.05, 0.1) is 11.4 Å². The third kappa shape index (κ3) is 6.86. The lowest BCUT2D eigenvalue weighted by atomic mass is 10.0. The van der Waals surface area contributed by atoms with Crippen LogP contribution in [0, 0.1) is 0 Å². The van der Waals surface area contributed by atoms with Gasteiger partial charge < -0.3 is 20.8 Å². The lowest BCUT2D eigenvalue weighted by Gasteiger charge is -2.37. The Balaban J connectivity index is 1.88. The molecule has 0 bridgehead atoms. The van der Waals surface area contributed by atoms with Gasteiger partial charge >= 0.3 is 12.3 Å². The molecule has 10 nitrogen and oxygen atoms in total. The van der Waals surface area contributed by atoms with E-state index >= 15 is 0 Å². The molecule has 0 fully saturated rings. The molecule has 208 valence electrons. The second-order valence-corrected chi connectivity index (χ2v) is 9.68. The van der Waals surface area contributed by atoms with Gasteiger partial charge in [-0.3, -0.25) is 14.5 Å². The van der Waals surface area contributed by atoms with Crippen LogP contribution < -0.4 is 10.6 Å². The number of nitrogens with one attached hydrogen (secondary N) is 2. The standard InChI is InChI=1S/C26H28F3N5O5/c1-15(33(24(38)39)25(2,3)4)22(36)30-14-16-8-7-9-17(12-16)34-19(13-21(32-34)26(27,28)29)23(37)31-18-10-5-6-11-20(18)35/h5-13,15,35H,14H2,1-4H3,(H,30,36)(H,31,37)(H,38,39). The summed E-state index contributed by atoms with van der Waals surface area (Å²) in [5, 5.41) is 28.0. The molecule has 3 amide bonds. The highest BCUT2D eigenvalue weighted by atomic mass is 19.4. The number of carbonyl (C=O) groups is 3. The van der Waals surface area contributed by atoms with E-state index in [2.05, 4.69) is 15.7 Å². The zero-order valence-electron chi connectivity index (χ0n) is 21.6. The van der Waals surface area contributed by atoms with Gasteiger partial charge in [-0.1, -0.05) is 24.3 Å². The summed E-state index contributed by atoms with van der Waals surface area (Å²) in [6.07, 6.45) is -6.10. The third-order valence-electron chi connectivity index (χ3n) is 5.70. The average Bonchev–Trinajstić information content (AvgIpc) is 3.29. The number of alkyl halides is 3. The predicted molar refractivity (Wildman–Crippen MR) is 136 cm³/mol. The van der Waals surface area contributed by atoms with Crippen molar-refractivity contribution in [3.05, 3.63) is 71.5 Å². The smallest absolute Gasteiger partial charge is 0.435 e. The lowest BCUT2D eigenvalue weighted by molar-refractivity contribution is -0.141. The SMILES string of the molecule is CC(C(=O)NCc1cccc(-n2nc(C(F)(F)F)cc2C(=O)Nc2ccccc2O)c1)N(C(=O)O)C(C)(C)C. The van der Waals surface area contributed by atoms with Crippen molar-refractivity contribution >= 4 is 23.6 Å². The number of benzene rings is 2. The van der Waals surface area contributed by atoms with Gasteiger partial charge in [-0.05, 0) is 57.5 Å². The first kappa shape index (κ1) is 29.0. The Kier molecular flexibility index (Phi) is 8.22. The molecule has 0 aliphatic heterocycles. The molecule has 4 N–H and O–H groups in total. The molecule has 1 unspecified atom stereocenters. The van der Waals surface area contributed by atoms with Crippen LogP contribution in [0.25, 0.3) is 5.69 Å². The van der Waals surface area contributed by atoms with Crippen molar-refractivity contribution in [3.63, 3.8) is 0 Å². The molecule has 39 heavy (non-hydrogen) atoms. The van der Waals surface area contributed by atoms with Crippen molar-refractivity contribution in [2.24, 2.45) is 0 Å². The summed E-state index contributed by atoms with van der Waals surface area (Å²) in [6, 6.07) is 11.3. The number of hydrogen-bond acceptors (Lipinski definition) is 5. The highest BCUT2D eigenvalue weighted by molar-refractivity contribution is 6.04. The van der Waals surface area contributed by atoms with Crippen LogP contribution in [-0.4, -0.2) is 54.4 Å². The lowest BCUT2D eigenvalue weighted by Crippen LogP contribution is -2.55. The average molecular weight is 548 g/mol. The normalized spacial score (nSPS) is 12.5. The molecule has 3 aromatic rings. The number of carboxylic acid groups (broad SMARTS) is 1. The van der Waals surface area contributed by atoms with E-state index in [4.69, 9.17) is 0 Å². The number of phenols is 1. The fourth-order valence-corrected chi connectivity index (χ4v) is 3.93. The molecule has 1 heterocycles. The molecule has 0 saturated carbocycles. The van der Waals surface area contributed by atoms with Crippen LogP contribution in [0.3, 0.4) is 0 Å². The van der Waals surface area contributed by atoms with E-state index in [-0.39, 0.29) is 23.7 Å². The zero-order valence-corrected chi connectivity index (χ0v) is 21.6. The first-order valence-corrected chi connectivity index (χ1v) is 11.8. The Morgan fingerprint density at radius 2 is 1.72 bits per heavy atom. The fraction of sp³-hybridized carbons (Fsp3) is 0.308. The van der Waals surface area contributed by atoms with Crippen LogP contribution >= 0.6 is 0 Å². The number of carbonyl (C=O) groups excluding carboxylic acids is 2. The molecule has 0 aliphatic carbocycles. The van der Waals surface area contributed by atoms with E-state index in [9.17, 15) is 37.8 Å². The number of para-hydroxylation sites is 2. The maximum absolute atomic E-state index is 13.5. The van der Waals surface area contributed by atoms with Crippen LogP contribution in [0.2, 0.25) is 0 Å². The van der Waals surface area contributed by atoms with Crippen LogP contribution in [0.4, 0.5) is 23.7 Å². The summed E-state index contributed by atoms with van der Waals surface area (Å²) < 4.78 is 41.3. The van der Waals surface area contributed by atoms with Crippen molar-refractivity contribution in [2.45, 2.75) is 52.0 Å². The molecule has 1 aromatic heterocycles. The number of halogens is 3. The first-order valence-electron chi connectivity index (χ1n) is 11.8. The molecular weight excluding hydrogens is 519 g/mol. The number of rotatable bonds is 7. The van der Waals surface area contributed by atoms with Gasteiger partial charge in [0.2, 0.25) is 5.91 Å². The highest BCUT2D eigenvalue weighted by Gasteiger charge is 2.37. The first-order chi connectivity index (χ1) is 18.1. The Morgan fingerprint density at radius 1 is 1.05 bits per heavy atom. The van der Waals surface area contributed by atoms with Crippen LogP contribution in [0.5, 0.6) is 5.75 Å². The Morgan fingerprint density at radius 3 is 2.31 bits per heavy atom. The maximum atomic E-state index is 13.5. The Hall–Kier alpha value is -4.55. The zero-order chi connectivity index (χ0) is 29.1. The largest absolute Gasteiger partial charge is 0.506 e. The van der Waals surface area contributed by atoms with Gasteiger partial charge in [0.1, 0.15) is 17.5 Å². The van der Waals surface area contributed by atoms with E-state index in [0.717, 1.165) is 9.58 Å². The maximum Gasteiger partial charge on any atom is 0.435 e. The third-order valence-corrected chi connectivity index (χ3v) is 5.70. The summed E-state index contributed by atoms with van der Waals surface area (Å²) in [5.74, 6) is -1.78. The van der Waals surface area contributed by atoms with Crippen LogP contribution in [0.15, 0.2) is 54.6 Å². The molecule has 0 spiro atoms. The Bertz CT molecular complexity index is 1380. The monoisotopic (exact) mass is 547 g/mol. The van der Waals surface area contributed by atoms with Gasteiger partial charge in [-0.25, -0.2) is 9.48 Å². The van der Waals surface area contributed by atoms with E-state index in [0.29, 0.717) is 11.6 Å². The van der Waals surface area contributed by atoms with E-state index in [1.165, 1.54) is 49.4 Å². The minimum atomic E-state index is -4.83. The second kappa shape index (κ2) is 11.1. The number of anilines is 1. The summed E-state index contributed by atoms with van der Waals surface area (Å²) in [4.78, 5) is 38.3. The number of amides is 3. The van der Waals surface area contributed by atoms with Crippen molar-refractivity contribution in [1.29, 1.82) is 0 Å². The summed E-state index contributed by atoms with van der Waals surface area (Å²) >= 11 is 0. The molecule has 1 atom stereocenters. The van der Waals surface area contributed by atoms with Crippen LogP contribution in [-0.2, 0) is 17.5 Å². The highest BCUT2D eigenvalue weighted by Crippen LogP contribution is 2.30. The van der Waals surface area contributed by atoms with E-state index in [1.54, 1.807) is 26.8 Å². The van der Waals surface area contributed by atoms with Gasteiger partial charge in [0, 0.05) is 18.2 Å². The van der Waals surface area contributed by atoms with Gasteiger partial charge in [0.25, 0.3) is 5.91 Å². The van der Waals surface area contributed by atoms with Crippen molar-refractivity contribution in [3.8, 4) is 11.4 Å². The van der Waals surface area contributed by atoms with Crippen molar-refractivity contribution < 1.29 is 37.8 Å². The number of nitrogens with zero attached hydrogens (tertiary/aromatic N) is 3. The minimum Gasteiger partial charge on any atom is -0.506 e. The van der Waals surface area contributed by atoms with E-state index in [1.807, 2.05) is 0 Å². The van der Waals surface area contributed by atoms with Crippen molar-refractivity contribution in [2.75, 3.05) is 5.32 Å². The quantitative estimate of drug-likeness (QED) is 0.319. The van der Waals surface area contributed by atoms with Gasteiger partial charge in [-0.15, -0.1) is 0 Å². The molecule has 0 radical (unpaired) electrons. The van der Waals surface area contributed by atoms with E-state index < -0.39 is 47.1 Å². The molecule has 0 saturated heterocycles. The summed E-state index contributed by atoms with van der Waals surface area (Å²) in [6.45, 7) is 6.34. The molecule has 3 rings (SSSR count). The summed E-state index contributed by atoms with van der Waals surface area (Å²) in [5.41, 5.74) is -2.01. The van der Waals surface area contributed by atoms with Gasteiger partial charge in [-0.2, -0.15) is 18.3 Å². The van der Waals surface area contributed by atoms with Crippen molar-refractivity contribution in [1.82, 2.24) is 20.0 Å². The molecular formula is C26H28F3N5O5. The number of aromatic hydroxyl groups is 1. The fourth-order valence-electron chi connectivity index (χ4n) is 3.93. The number of phenolic OH excluding ortho intramolecular Hbond substituents is 1. The minimum absolute atomic E-state index is 0.0000492. The summed E-state index contributed by atoms with van der Waals surface area (Å²) in [7, 11) is 0. The molecule has 13 heteroatoms. The van der Waals surface area contributed by atoms with Crippen LogP contribution in [0.1, 0.15) is 49.4 Å². The van der Waals surface area contributed by atoms with Gasteiger partial charge in [0.15, 0.2) is 5.69 Å². The molecule has 2 aromatic carbocycles. The second-order valence-electron chi connectivity index (χ2n) is 9.68. The number of hydrogen-bond donors (Lipinski definition) is 4. The topological polar surface area (TPSA) is 137 Å². The predicted octanol–water partition coefficient (Wildman–Crippen LogP) is 4.63. The molecule has 0 aliphatic rings. The Labute approximate surface area is 222 Å². The number of aromatic nitrogens is 2.